The summed E-state index contributed by atoms with van der Waals surface area (Å²) in [5.74, 6) is 0. The van der Waals surface area contributed by atoms with Gasteiger partial charge in [-0.1, -0.05) is 0 Å². The first kappa shape index (κ1) is 9.35. The van der Waals surface area contributed by atoms with E-state index in [9.17, 15) is 0 Å². The van der Waals surface area contributed by atoms with E-state index < -0.39 is 7.83 Å². The third kappa shape index (κ3) is 8.35. The molecule has 0 aromatic rings. The molecule has 0 aliphatic rings. The summed E-state index contributed by atoms with van der Waals surface area (Å²) in [5.41, 5.74) is 5.30. The van der Waals surface area contributed by atoms with Crippen molar-refractivity contribution in [3.05, 3.63) is 0 Å². The van der Waals surface area contributed by atoms with Gasteiger partial charge in [0.25, 0.3) is 0 Å². The standard InChI is InChI=1S/C5H17NOSi2/c1-9(2,8)7-5-3-4-6/h3-6H2,1-2,8H3. The van der Waals surface area contributed by atoms with Gasteiger partial charge in [-0.25, -0.2) is 0 Å². The normalized spacial score (nSPS) is 12.3. The number of hydrogen-bond acceptors (Lipinski definition) is 2. The van der Waals surface area contributed by atoms with E-state index in [2.05, 4.69) is 13.1 Å². The van der Waals surface area contributed by atoms with Gasteiger partial charge < -0.3 is 10.2 Å². The van der Waals surface area contributed by atoms with Crippen LogP contribution >= 0.6 is 0 Å². The largest absolute Gasteiger partial charge is 0.421 e. The molecule has 0 fully saturated rings. The molecule has 2 N–H and O–H groups in total. The average molecular weight is 163 g/mol. The van der Waals surface area contributed by atoms with Gasteiger partial charge in [-0.15, -0.1) is 0 Å². The maximum absolute atomic E-state index is 5.59. The van der Waals surface area contributed by atoms with Crippen molar-refractivity contribution in [3.8, 4) is 0 Å². The van der Waals surface area contributed by atoms with Crippen molar-refractivity contribution in [1.82, 2.24) is 0 Å². The number of hydrogen-bond donors (Lipinski definition) is 1. The smallest absolute Gasteiger partial charge is 0.162 e. The molecule has 0 rings (SSSR count). The zero-order valence-electron chi connectivity index (χ0n) is 6.61. The zero-order valence-corrected chi connectivity index (χ0v) is 9.61. The highest BCUT2D eigenvalue weighted by molar-refractivity contribution is 7.12. The molecule has 9 heavy (non-hydrogen) atoms. The minimum absolute atomic E-state index is 0.756. The van der Waals surface area contributed by atoms with E-state index in [4.69, 9.17) is 10.2 Å². The highest BCUT2D eigenvalue weighted by Crippen LogP contribution is 1.96. The Morgan fingerprint density at radius 2 is 2.11 bits per heavy atom. The second-order valence-corrected chi connectivity index (χ2v) is 14.8. The molecule has 4 heteroatoms. The Hall–Kier alpha value is 0.354. The van der Waals surface area contributed by atoms with Crippen LogP contribution in [0.5, 0.6) is 0 Å². The zero-order chi connectivity index (χ0) is 7.33. The predicted octanol–water partition coefficient (Wildman–Crippen LogP) is -0.581. The topological polar surface area (TPSA) is 35.2 Å². The number of rotatable bonds is 4. The first-order valence-electron chi connectivity index (χ1n) is 3.40. The lowest BCUT2D eigenvalue weighted by atomic mass is 10.5. The molecule has 56 valence electrons. The fourth-order valence-corrected chi connectivity index (χ4v) is 1.83. The maximum atomic E-state index is 5.59. The molecule has 0 atom stereocenters. The molecule has 0 aliphatic carbocycles. The quantitative estimate of drug-likeness (QED) is 0.444. The van der Waals surface area contributed by atoms with E-state index in [1.165, 1.54) is 9.76 Å². The number of nitrogens with two attached hydrogens (primary N) is 1. The van der Waals surface area contributed by atoms with E-state index in [-0.39, 0.29) is 0 Å². The van der Waals surface area contributed by atoms with Crippen LogP contribution in [0.4, 0.5) is 0 Å². The van der Waals surface area contributed by atoms with Gasteiger partial charge >= 0.3 is 0 Å². The molecule has 0 aromatic carbocycles. The fourth-order valence-electron chi connectivity index (χ4n) is 0.462. The van der Waals surface area contributed by atoms with E-state index >= 15 is 0 Å². The lowest BCUT2D eigenvalue weighted by Gasteiger charge is -2.16. The van der Waals surface area contributed by atoms with E-state index in [1.54, 1.807) is 0 Å². The minimum Gasteiger partial charge on any atom is -0.421 e. The van der Waals surface area contributed by atoms with Crippen molar-refractivity contribution < 1.29 is 4.43 Å². The summed E-state index contributed by atoms with van der Waals surface area (Å²) in [6.07, 6.45) is 1.01. The molecular formula is C5H17NOSi2. The van der Waals surface area contributed by atoms with Crippen molar-refractivity contribution >= 4 is 17.6 Å². The Kier molecular flexibility index (Phi) is 4.38. The Bertz CT molecular complexity index is 71.8. The van der Waals surface area contributed by atoms with Crippen LogP contribution in [-0.4, -0.2) is 30.7 Å². The first-order valence-corrected chi connectivity index (χ1v) is 9.81. The van der Waals surface area contributed by atoms with Crippen LogP contribution in [0.2, 0.25) is 13.1 Å². The van der Waals surface area contributed by atoms with Crippen LogP contribution in [0.1, 0.15) is 6.42 Å². The Morgan fingerprint density at radius 3 is 2.44 bits per heavy atom. The van der Waals surface area contributed by atoms with Crippen molar-refractivity contribution in [1.29, 1.82) is 0 Å². The van der Waals surface area contributed by atoms with Crippen LogP contribution in [0.25, 0.3) is 0 Å². The molecule has 2 nitrogen and oxygen atoms in total. The van der Waals surface area contributed by atoms with Crippen LogP contribution in [0.15, 0.2) is 0 Å². The molecule has 0 unspecified atom stereocenters. The van der Waals surface area contributed by atoms with E-state index in [0.717, 1.165) is 19.6 Å². The SMILES string of the molecule is C[Si](C)([SiH3])OCCCN. The van der Waals surface area contributed by atoms with Gasteiger partial charge in [0.15, 0.2) is 7.83 Å². The van der Waals surface area contributed by atoms with Crippen molar-refractivity contribution in [2.75, 3.05) is 13.2 Å². The summed E-state index contributed by atoms with van der Waals surface area (Å²) >= 11 is 0. The maximum Gasteiger partial charge on any atom is 0.162 e. The molecule has 0 aromatic heterocycles. The summed E-state index contributed by atoms with van der Waals surface area (Å²) < 4.78 is 5.59. The van der Waals surface area contributed by atoms with Gasteiger partial charge in [-0.3, -0.25) is 0 Å². The predicted molar refractivity (Wildman–Crippen MR) is 47.0 cm³/mol. The highest BCUT2D eigenvalue weighted by atomic mass is 29.2. The highest BCUT2D eigenvalue weighted by Gasteiger charge is 2.12. The second kappa shape index (κ2) is 4.21. The first-order chi connectivity index (χ1) is 4.06. The summed E-state index contributed by atoms with van der Waals surface area (Å²) in [4.78, 5) is 0. The van der Waals surface area contributed by atoms with Gasteiger partial charge in [0.1, 0.15) is 0 Å². The monoisotopic (exact) mass is 163 g/mol. The molecular weight excluding hydrogens is 146 g/mol. The van der Waals surface area contributed by atoms with Gasteiger partial charge in [0.05, 0.1) is 0 Å². The third-order valence-corrected chi connectivity index (χ3v) is 2.82. The summed E-state index contributed by atoms with van der Waals surface area (Å²) in [5, 5.41) is 0. The Morgan fingerprint density at radius 1 is 1.56 bits per heavy atom. The van der Waals surface area contributed by atoms with Crippen molar-refractivity contribution in [3.63, 3.8) is 0 Å². The molecule has 0 spiro atoms. The lowest BCUT2D eigenvalue weighted by Crippen LogP contribution is -2.31. The van der Waals surface area contributed by atoms with E-state index in [1.807, 2.05) is 0 Å². The summed E-state index contributed by atoms with van der Waals surface area (Å²) in [7, 11) is 0.110. The van der Waals surface area contributed by atoms with Crippen molar-refractivity contribution in [2.45, 2.75) is 19.5 Å². The molecule has 0 saturated carbocycles. The lowest BCUT2D eigenvalue weighted by molar-refractivity contribution is 0.315. The van der Waals surface area contributed by atoms with Crippen molar-refractivity contribution in [2.24, 2.45) is 5.73 Å². The fraction of sp³-hybridized carbons (Fsp3) is 1.00. The Labute approximate surface area is 61.1 Å². The summed E-state index contributed by atoms with van der Waals surface area (Å²) in [6.45, 7) is 6.12. The molecule has 0 aliphatic heterocycles. The van der Waals surface area contributed by atoms with Crippen LogP contribution in [-0.2, 0) is 4.43 Å². The molecule has 0 heterocycles. The molecule has 0 saturated heterocycles. The summed E-state index contributed by atoms with van der Waals surface area (Å²) in [6, 6.07) is 0. The van der Waals surface area contributed by atoms with Gasteiger partial charge in [0.2, 0.25) is 0 Å². The van der Waals surface area contributed by atoms with Crippen LogP contribution in [0, 0.1) is 0 Å². The average Bonchev–Trinajstić information content (AvgIpc) is 1.63. The van der Waals surface area contributed by atoms with Gasteiger partial charge in [-0.05, 0) is 26.1 Å². The van der Waals surface area contributed by atoms with Crippen LogP contribution in [0.3, 0.4) is 0 Å². The molecule has 0 bridgehead atoms. The second-order valence-electron chi connectivity index (χ2n) is 3.10. The third-order valence-electron chi connectivity index (χ3n) is 0.884. The minimum atomic E-state index is -1.11. The molecule has 0 amide bonds. The van der Waals surface area contributed by atoms with E-state index in [0.29, 0.717) is 0 Å². The van der Waals surface area contributed by atoms with Gasteiger partial charge in [0, 0.05) is 16.4 Å². The Balaban J connectivity index is 3.07. The molecule has 0 radical (unpaired) electrons. The van der Waals surface area contributed by atoms with Gasteiger partial charge in [-0.2, -0.15) is 0 Å². The van der Waals surface area contributed by atoms with Crippen LogP contribution < -0.4 is 5.73 Å².